The molecule has 0 unspecified atom stereocenters. The zero-order valence-electron chi connectivity index (χ0n) is 17.7. The lowest BCUT2D eigenvalue weighted by Crippen LogP contribution is -2.44. The van der Waals surface area contributed by atoms with E-state index in [0.29, 0.717) is 22.5 Å². The number of piperazine rings is 1. The number of carbonyl (C=O) groups is 1. The van der Waals surface area contributed by atoms with Gasteiger partial charge in [0.25, 0.3) is 5.91 Å². The van der Waals surface area contributed by atoms with Crippen molar-refractivity contribution in [2.75, 3.05) is 43.4 Å². The van der Waals surface area contributed by atoms with E-state index in [0.717, 1.165) is 49.0 Å². The van der Waals surface area contributed by atoms with Crippen molar-refractivity contribution in [3.63, 3.8) is 0 Å². The number of carbonyl (C=O) groups excluding carboxylic acids is 1. The van der Waals surface area contributed by atoms with E-state index in [2.05, 4.69) is 37.1 Å². The lowest BCUT2D eigenvalue weighted by atomic mass is 10.1. The molecule has 5 rings (SSSR count). The van der Waals surface area contributed by atoms with Crippen LogP contribution in [0, 0.1) is 5.82 Å². The number of aromatic nitrogens is 3. The summed E-state index contributed by atoms with van der Waals surface area (Å²) in [4.78, 5) is 28.8. The number of H-pyrrole nitrogens is 1. The molecule has 0 aliphatic carbocycles. The van der Waals surface area contributed by atoms with Gasteiger partial charge in [-0.3, -0.25) is 9.78 Å². The van der Waals surface area contributed by atoms with Crippen LogP contribution in [0.25, 0.3) is 22.2 Å². The van der Waals surface area contributed by atoms with Crippen LogP contribution in [0.5, 0.6) is 0 Å². The number of amides is 1. The molecule has 0 spiro atoms. The zero-order valence-corrected chi connectivity index (χ0v) is 17.7. The third-order valence-corrected chi connectivity index (χ3v) is 5.80. The molecule has 4 heterocycles. The van der Waals surface area contributed by atoms with Gasteiger partial charge >= 0.3 is 0 Å². The minimum Gasteiger partial charge on any atom is -0.369 e. The van der Waals surface area contributed by atoms with Crippen molar-refractivity contribution in [2.24, 2.45) is 0 Å². The Morgan fingerprint density at radius 2 is 1.84 bits per heavy atom. The highest BCUT2D eigenvalue weighted by atomic mass is 19.1. The topological polar surface area (TPSA) is 77.1 Å². The normalized spacial score (nSPS) is 14.6. The quantitative estimate of drug-likeness (QED) is 0.516. The highest BCUT2D eigenvalue weighted by Gasteiger charge is 2.15. The molecule has 1 amide bonds. The van der Waals surface area contributed by atoms with Crippen molar-refractivity contribution in [3.05, 3.63) is 72.6 Å². The molecular weight excluding hydrogens is 407 g/mol. The average molecular weight is 430 g/mol. The Kier molecular flexibility index (Phi) is 5.28. The molecule has 8 heteroatoms. The highest BCUT2D eigenvalue weighted by Crippen LogP contribution is 2.29. The number of hydrogen-bond acceptors (Lipinski definition) is 5. The maximum Gasteiger partial charge on any atom is 0.255 e. The van der Waals surface area contributed by atoms with Crippen molar-refractivity contribution >= 4 is 28.3 Å². The fraction of sp³-hybridized carbons (Fsp3) is 0.208. The van der Waals surface area contributed by atoms with Crippen LogP contribution in [-0.2, 0) is 0 Å². The molecule has 1 aromatic carbocycles. The molecule has 0 saturated carbocycles. The number of pyridine rings is 2. The number of benzene rings is 1. The van der Waals surface area contributed by atoms with E-state index in [1.165, 1.54) is 6.07 Å². The first kappa shape index (κ1) is 20.1. The van der Waals surface area contributed by atoms with Crippen LogP contribution in [-0.4, -0.2) is 59.0 Å². The summed E-state index contributed by atoms with van der Waals surface area (Å²) < 4.78 is 13.6. The minimum absolute atomic E-state index is 0.208. The van der Waals surface area contributed by atoms with Gasteiger partial charge in [0, 0.05) is 66.3 Å². The van der Waals surface area contributed by atoms with Crippen LogP contribution in [0.3, 0.4) is 0 Å². The summed E-state index contributed by atoms with van der Waals surface area (Å²) >= 11 is 0. The first-order chi connectivity index (χ1) is 15.6. The Balaban J connectivity index is 1.34. The van der Waals surface area contributed by atoms with Gasteiger partial charge in [0.15, 0.2) is 0 Å². The monoisotopic (exact) mass is 430 g/mol. The second-order valence-electron chi connectivity index (χ2n) is 8.01. The SMILES string of the molecule is CN1CCN(c2ccc(C(=O)Nc3cnc4[nH]cc(-c5cncc(F)c5)c4c3)cc2)CC1. The Bertz CT molecular complexity index is 1260. The number of nitrogens with zero attached hydrogens (tertiary/aromatic N) is 4. The first-order valence-corrected chi connectivity index (χ1v) is 10.5. The molecule has 162 valence electrons. The fourth-order valence-electron chi connectivity index (χ4n) is 3.96. The number of aromatic amines is 1. The van der Waals surface area contributed by atoms with Crippen molar-refractivity contribution in [2.45, 2.75) is 0 Å². The maximum absolute atomic E-state index is 13.6. The van der Waals surface area contributed by atoms with E-state index in [4.69, 9.17) is 0 Å². The second kappa shape index (κ2) is 8.39. The Labute approximate surface area is 184 Å². The molecule has 0 atom stereocenters. The molecule has 1 fully saturated rings. The van der Waals surface area contributed by atoms with Gasteiger partial charge in [-0.1, -0.05) is 0 Å². The molecule has 2 N–H and O–H groups in total. The molecular formula is C24H23FN6O. The summed E-state index contributed by atoms with van der Waals surface area (Å²) in [5, 5.41) is 3.69. The minimum atomic E-state index is -0.408. The summed E-state index contributed by atoms with van der Waals surface area (Å²) in [6.07, 6.45) is 6.12. The maximum atomic E-state index is 13.6. The molecule has 3 aromatic heterocycles. The van der Waals surface area contributed by atoms with Crippen molar-refractivity contribution in [1.29, 1.82) is 0 Å². The zero-order chi connectivity index (χ0) is 22.1. The van der Waals surface area contributed by atoms with Crippen LogP contribution >= 0.6 is 0 Å². The summed E-state index contributed by atoms with van der Waals surface area (Å²) in [6, 6.07) is 10.9. The third kappa shape index (κ3) is 4.04. The van der Waals surface area contributed by atoms with Crippen LogP contribution < -0.4 is 10.2 Å². The van der Waals surface area contributed by atoms with Crippen molar-refractivity contribution in [3.8, 4) is 11.1 Å². The molecule has 7 nitrogen and oxygen atoms in total. The first-order valence-electron chi connectivity index (χ1n) is 10.5. The summed E-state index contributed by atoms with van der Waals surface area (Å²) in [6.45, 7) is 4.02. The number of rotatable bonds is 4. The van der Waals surface area contributed by atoms with Crippen LogP contribution in [0.1, 0.15) is 10.4 Å². The van der Waals surface area contributed by atoms with Crippen LogP contribution in [0.15, 0.2) is 61.2 Å². The summed E-state index contributed by atoms with van der Waals surface area (Å²) in [7, 11) is 2.13. The van der Waals surface area contributed by atoms with Gasteiger partial charge in [-0.25, -0.2) is 9.37 Å². The number of fused-ring (bicyclic) bond motifs is 1. The summed E-state index contributed by atoms with van der Waals surface area (Å²) in [5.74, 6) is -0.616. The standard InChI is InChI=1S/C24H23FN6O/c1-30-6-8-31(9-7-30)20-4-2-16(3-5-20)24(32)29-19-11-21-22(15-28-23(21)27-14-19)17-10-18(25)13-26-12-17/h2-5,10-15H,6-9H2,1H3,(H,27,28)(H,29,32). The predicted molar refractivity (Wildman–Crippen MR) is 123 cm³/mol. The second-order valence-corrected chi connectivity index (χ2v) is 8.01. The van der Waals surface area contributed by atoms with Gasteiger partial charge in [-0.2, -0.15) is 0 Å². The van der Waals surface area contributed by atoms with Gasteiger partial charge in [0.1, 0.15) is 11.5 Å². The lowest BCUT2D eigenvalue weighted by Gasteiger charge is -2.34. The van der Waals surface area contributed by atoms with E-state index in [1.807, 2.05) is 30.3 Å². The van der Waals surface area contributed by atoms with E-state index in [-0.39, 0.29) is 5.91 Å². The predicted octanol–water partition coefficient (Wildman–Crippen LogP) is 3.77. The van der Waals surface area contributed by atoms with Crippen molar-refractivity contribution in [1.82, 2.24) is 19.9 Å². The number of halogens is 1. The van der Waals surface area contributed by atoms with E-state index in [9.17, 15) is 9.18 Å². The van der Waals surface area contributed by atoms with Gasteiger partial charge in [-0.05, 0) is 43.4 Å². The number of likely N-dealkylation sites (N-methyl/N-ethyl adjacent to an activating group) is 1. The molecule has 1 aliphatic heterocycles. The van der Waals surface area contributed by atoms with Crippen molar-refractivity contribution < 1.29 is 9.18 Å². The Morgan fingerprint density at radius 1 is 1.06 bits per heavy atom. The lowest BCUT2D eigenvalue weighted by molar-refractivity contribution is 0.102. The summed E-state index contributed by atoms with van der Waals surface area (Å²) in [5.41, 5.74) is 4.33. The smallest absolute Gasteiger partial charge is 0.255 e. The molecule has 4 aromatic rings. The molecule has 1 saturated heterocycles. The van der Waals surface area contributed by atoms with Crippen LogP contribution in [0.4, 0.5) is 15.8 Å². The Morgan fingerprint density at radius 3 is 2.59 bits per heavy atom. The highest BCUT2D eigenvalue weighted by molar-refractivity contribution is 6.05. The largest absolute Gasteiger partial charge is 0.369 e. The molecule has 0 bridgehead atoms. The average Bonchev–Trinajstić information content (AvgIpc) is 3.23. The number of nitrogens with one attached hydrogen (secondary N) is 2. The van der Waals surface area contributed by atoms with Gasteiger partial charge in [0.2, 0.25) is 0 Å². The number of hydrogen-bond donors (Lipinski definition) is 2. The van der Waals surface area contributed by atoms with E-state index in [1.54, 1.807) is 18.6 Å². The molecule has 0 radical (unpaired) electrons. The van der Waals surface area contributed by atoms with E-state index < -0.39 is 5.82 Å². The van der Waals surface area contributed by atoms with Gasteiger partial charge in [0.05, 0.1) is 18.1 Å². The third-order valence-electron chi connectivity index (χ3n) is 5.80. The Hall–Kier alpha value is -3.78. The fourth-order valence-corrected chi connectivity index (χ4v) is 3.96. The molecule has 32 heavy (non-hydrogen) atoms. The van der Waals surface area contributed by atoms with Gasteiger partial charge < -0.3 is 20.1 Å². The number of anilines is 2. The molecule has 1 aliphatic rings. The van der Waals surface area contributed by atoms with Gasteiger partial charge in [-0.15, -0.1) is 0 Å². The van der Waals surface area contributed by atoms with Crippen LogP contribution in [0.2, 0.25) is 0 Å². The van der Waals surface area contributed by atoms with E-state index >= 15 is 0 Å².